The van der Waals surface area contributed by atoms with E-state index < -0.39 is 5.97 Å². The molecule has 1 atom stereocenters. The van der Waals surface area contributed by atoms with Crippen LogP contribution < -0.4 is 0 Å². The summed E-state index contributed by atoms with van der Waals surface area (Å²) in [6.45, 7) is 3.70. The summed E-state index contributed by atoms with van der Waals surface area (Å²) < 4.78 is 5.72. The van der Waals surface area contributed by atoms with Crippen molar-refractivity contribution in [2.45, 2.75) is 13.0 Å². The molecule has 26 heavy (non-hydrogen) atoms. The molecule has 2 aromatic rings. The number of carboxylic acids is 1. The Hall–Kier alpha value is -2.51. The zero-order valence-electron chi connectivity index (χ0n) is 15.0. The Labute approximate surface area is 152 Å². The van der Waals surface area contributed by atoms with Gasteiger partial charge in [0.05, 0.1) is 30.3 Å². The molecule has 2 heterocycles. The molecule has 1 fully saturated rings. The van der Waals surface area contributed by atoms with E-state index in [4.69, 9.17) is 9.84 Å². The second kappa shape index (κ2) is 7.80. The maximum atomic E-state index is 13.1. The number of aromatic nitrogens is 1. The van der Waals surface area contributed by atoms with Crippen molar-refractivity contribution < 1.29 is 19.4 Å². The largest absolute Gasteiger partial charge is 0.480 e. The van der Waals surface area contributed by atoms with Gasteiger partial charge in [0, 0.05) is 30.7 Å². The molecule has 3 rings (SSSR count). The first-order valence-electron chi connectivity index (χ1n) is 8.61. The zero-order chi connectivity index (χ0) is 18.7. The van der Waals surface area contributed by atoms with Gasteiger partial charge in [-0.25, -0.2) is 0 Å². The summed E-state index contributed by atoms with van der Waals surface area (Å²) in [5, 5.41) is 9.72. The smallest absolute Gasteiger partial charge is 0.317 e. The summed E-state index contributed by atoms with van der Waals surface area (Å²) in [7, 11) is 1.73. The van der Waals surface area contributed by atoms with Crippen molar-refractivity contribution in [3.05, 3.63) is 41.6 Å². The molecule has 1 amide bonds. The molecular formula is C19H23N3O4. The van der Waals surface area contributed by atoms with E-state index in [9.17, 15) is 9.59 Å². The standard InChI is InChI=1S/C19H23N3O4/c1-13-9-16(15-5-3-4-6-17(15)20-13)19(25)22-7-8-26-14(11-22)10-21(2)12-18(23)24/h3-6,9,14H,7-8,10-12H2,1-2H3,(H,23,24). The van der Waals surface area contributed by atoms with Crippen molar-refractivity contribution in [3.8, 4) is 0 Å². The Morgan fingerprint density at radius 3 is 2.92 bits per heavy atom. The number of carboxylic acid groups (broad SMARTS) is 1. The van der Waals surface area contributed by atoms with Crippen molar-refractivity contribution in [3.63, 3.8) is 0 Å². The van der Waals surface area contributed by atoms with E-state index in [0.29, 0.717) is 31.8 Å². The van der Waals surface area contributed by atoms with Gasteiger partial charge in [-0.2, -0.15) is 0 Å². The van der Waals surface area contributed by atoms with Gasteiger partial charge >= 0.3 is 5.97 Å². The summed E-state index contributed by atoms with van der Waals surface area (Å²) in [4.78, 5) is 31.9. The number of hydrogen-bond donors (Lipinski definition) is 1. The maximum absolute atomic E-state index is 13.1. The highest BCUT2D eigenvalue weighted by atomic mass is 16.5. The average Bonchev–Trinajstić information content (AvgIpc) is 2.59. The van der Waals surface area contributed by atoms with Crippen LogP contribution in [0, 0.1) is 6.92 Å². The lowest BCUT2D eigenvalue weighted by atomic mass is 10.1. The van der Waals surface area contributed by atoms with Crippen LogP contribution in [0.25, 0.3) is 10.9 Å². The highest BCUT2D eigenvalue weighted by Crippen LogP contribution is 2.21. The van der Waals surface area contributed by atoms with Gasteiger partial charge in [-0.1, -0.05) is 18.2 Å². The first-order valence-corrected chi connectivity index (χ1v) is 8.61. The van der Waals surface area contributed by atoms with Crippen LogP contribution in [0.2, 0.25) is 0 Å². The minimum Gasteiger partial charge on any atom is -0.480 e. The highest BCUT2D eigenvalue weighted by molar-refractivity contribution is 6.06. The van der Waals surface area contributed by atoms with Crippen LogP contribution in [0.15, 0.2) is 30.3 Å². The minimum atomic E-state index is -0.880. The number of para-hydroxylation sites is 1. The van der Waals surface area contributed by atoms with E-state index in [1.165, 1.54) is 0 Å². The molecule has 1 aliphatic rings. The Bertz CT molecular complexity index is 824. The average molecular weight is 357 g/mol. The number of fused-ring (bicyclic) bond motifs is 1. The molecule has 1 aliphatic heterocycles. The van der Waals surface area contributed by atoms with Crippen molar-refractivity contribution in [1.29, 1.82) is 0 Å². The van der Waals surface area contributed by atoms with Crippen LogP contribution >= 0.6 is 0 Å². The summed E-state index contributed by atoms with van der Waals surface area (Å²) in [6.07, 6.45) is -0.203. The molecule has 0 spiro atoms. The summed E-state index contributed by atoms with van der Waals surface area (Å²) >= 11 is 0. The predicted octanol–water partition coefficient (Wildman–Crippen LogP) is 1.40. The molecule has 0 bridgehead atoms. The molecule has 1 saturated heterocycles. The molecule has 0 saturated carbocycles. The lowest BCUT2D eigenvalue weighted by Gasteiger charge is -2.34. The number of morpholine rings is 1. The van der Waals surface area contributed by atoms with Crippen molar-refractivity contribution in [1.82, 2.24) is 14.8 Å². The molecule has 7 nitrogen and oxygen atoms in total. The van der Waals surface area contributed by atoms with Gasteiger partial charge in [0.1, 0.15) is 0 Å². The van der Waals surface area contributed by atoms with Crippen LogP contribution in [0.3, 0.4) is 0 Å². The van der Waals surface area contributed by atoms with Crippen LogP contribution in [-0.4, -0.2) is 77.7 Å². The van der Waals surface area contributed by atoms with E-state index in [1.807, 2.05) is 37.3 Å². The maximum Gasteiger partial charge on any atom is 0.317 e. The lowest BCUT2D eigenvalue weighted by molar-refractivity contribution is -0.138. The minimum absolute atomic E-state index is 0.0408. The van der Waals surface area contributed by atoms with Gasteiger partial charge in [0.15, 0.2) is 0 Å². The molecule has 0 radical (unpaired) electrons. The summed E-state index contributed by atoms with van der Waals surface area (Å²) in [5.74, 6) is -0.920. The number of amides is 1. The second-order valence-electron chi connectivity index (χ2n) is 6.66. The third kappa shape index (κ3) is 4.17. The van der Waals surface area contributed by atoms with Gasteiger partial charge in [-0.15, -0.1) is 0 Å². The number of carbonyl (C=O) groups is 2. The van der Waals surface area contributed by atoms with E-state index in [-0.39, 0.29) is 18.6 Å². The number of aryl methyl sites for hydroxylation is 1. The number of hydrogen-bond acceptors (Lipinski definition) is 5. The van der Waals surface area contributed by atoms with Crippen LogP contribution in [-0.2, 0) is 9.53 Å². The van der Waals surface area contributed by atoms with Gasteiger partial charge in [0.25, 0.3) is 5.91 Å². The third-order valence-corrected chi connectivity index (χ3v) is 4.42. The fraction of sp³-hybridized carbons (Fsp3) is 0.421. The fourth-order valence-corrected chi connectivity index (χ4v) is 3.31. The van der Waals surface area contributed by atoms with Gasteiger partial charge < -0.3 is 14.7 Å². The SMILES string of the molecule is Cc1cc(C(=O)N2CCOC(CN(C)CC(=O)O)C2)c2ccccc2n1. The molecular weight excluding hydrogens is 334 g/mol. The molecule has 138 valence electrons. The molecule has 1 unspecified atom stereocenters. The monoisotopic (exact) mass is 357 g/mol. The first kappa shape index (κ1) is 18.3. The van der Waals surface area contributed by atoms with Crippen molar-refractivity contribution in [2.24, 2.45) is 0 Å². The normalized spacial score (nSPS) is 17.7. The Morgan fingerprint density at radius 1 is 1.38 bits per heavy atom. The molecule has 7 heteroatoms. The number of likely N-dealkylation sites (N-methyl/N-ethyl adjacent to an activating group) is 1. The van der Waals surface area contributed by atoms with Gasteiger partial charge in [-0.3, -0.25) is 19.5 Å². The number of rotatable bonds is 5. The Balaban J connectivity index is 1.77. The second-order valence-corrected chi connectivity index (χ2v) is 6.66. The quantitative estimate of drug-likeness (QED) is 0.871. The molecule has 1 aromatic carbocycles. The van der Waals surface area contributed by atoms with E-state index in [2.05, 4.69) is 4.98 Å². The molecule has 1 N–H and O–H groups in total. The number of aliphatic carboxylic acids is 1. The number of nitrogens with zero attached hydrogens (tertiary/aromatic N) is 3. The number of ether oxygens (including phenoxy) is 1. The topological polar surface area (TPSA) is 83.0 Å². The summed E-state index contributed by atoms with van der Waals surface area (Å²) in [6, 6.07) is 9.45. The third-order valence-electron chi connectivity index (χ3n) is 4.42. The van der Waals surface area contributed by atoms with Crippen molar-refractivity contribution >= 4 is 22.8 Å². The number of benzene rings is 1. The van der Waals surface area contributed by atoms with Crippen LogP contribution in [0.1, 0.15) is 16.1 Å². The fourth-order valence-electron chi connectivity index (χ4n) is 3.31. The zero-order valence-corrected chi connectivity index (χ0v) is 15.0. The van der Waals surface area contributed by atoms with Gasteiger partial charge in [-0.05, 0) is 26.1 Å². The van der Waals surface area contributed by atoms with Gasteiger partial charge in [0.2, 0.25) is 0 Å². The number of carbonyl (C=O) groups excluding carboxylic acids is 1. The van der Waals surface area contributed by atoms with Crippen molar-refractivity contribution in [2.75, 3.05) is 39.8 Å². The first-order chi connectivity index (χ1) is 12.4. The predicted molar refractivity (Wildman–Crippen MR) is 97.3 cm³/mol. The molecule has 0 aliphatic carbocycles. The van der Waals surface area contributed by atoms with E-state index in [0.717, 1.165) is 16.6 Å². The van der Waals surface area contributed by atoms with Crippen LogP contribution in [0.4, 0.5) is 0 Å². The Kier molecular flexibility index (Phi) is 5.49. The summed E-state index contributed by atoms with van der Waals surface area (Å²) in [5.41, 5.74) is 2.26. The number of pyridine rings is 1. The lowest BCUT2D eigenvalue weighted by Crippen LogP contribution is -2.49. The molecule has 1 aromatic heterocycles. The Morgan fingerprint density at radius 2 is 2.15 bits per heavy atom. The van der Waals surface area contributed by atoms with Crippen LogP contribution in [0.5, 0.6) is 0 Å². The highest BCUT2D eigenvalue weighted by Gasteiger charge is 2.27. The van der Waals surface area contributed by atoms with E-state index in [1.54, 1.807) is 16.8 Å². The van der Waals surface area contributed by atoms with E-state index >= 15 is 0 Å².